The van der Waals surface area contributed by atoms with E-state index < -0.39 is 0 Å². The van der Waals surface area contributed by atoms with Crippen LogP contribution in [0.15, 0.2) is 57.7 Å². The summed E-state index contributed by atoms with van der Waals surface area (Å²) in [7, 11) is 0. The molecule has 6 heteroatoms. The molecule has 0 aliphatic carbocycles. The number of amides is 1. The Morgan fingerprint density at radius 2 is 2.00 bits per heavy atom. The van der Waals surface area contributed by atoms with Crippen molar-refractivity contribution >= 4 is 22.7 Å². The van der Waals surface area contributed by atoms with Gasteiger partial charge in [-0.1, -0.05) is 30.6 Å². The molecular formula is C22H21N3O3. The van der Waals surface area contributed by atoms with Gasteiger partial charge >= 0.3 is 0 Å². The lowest BCUT2D eigenvalue weighted by Gasteiger charge is -2.08. The summed E-state index contributed by atoms with van der Waals surface area (Å²) in [6.07, 6.45) is 4.92. The van der Waals surface area contributed by atoms with Crippen LogP contribution in [0.2, 0.25) is 0 Å². The van der Waals surface area contributed by atoms with Gasteiger partial charge in [0.15, 0.2) is 5.76 Å². The van der Waals surface area contributed by atoms with E-state index in [2.05, 4.69) is 22.4 Å². The van der Waals surface area contributed by atoms with Crippen molar-refractivity contribution in [1.29, 1.82) is 0 Å². The molecule has 1 aromatic carbocycles. The third-order valence-electron chi connectivity index (χ3n) is 4.67. The molecule has 1 N–H and O–H groups in total. The molecule has 3 aromatic heterocycles. The number of carbonyl (C=O) groups is 1. The molecular weight excluding hydrogens is 354 g/mol. The molecule has 142 valence electrons. The SMILES string of the molecule is CCCCc1ccc(NC(=O)c2cc(-c3ccco3)nc3onc(C)c23)cc1. The molecule has 0 saturated heterocycles. The molecule has 28 heavy (non-hydrogen) atoms. The van der Waals surface area contributed by atoms with E-state index in [4.69, 9.17) is 8.94 Å². The molecule has 0 spiro atoms. The first-order valence-corrected chi connectivity index (χ1v) is 9.37. The number of benzene rings is 1. The van der Waals surface area contributed by atoms with Crippen LogP contribution in [0, 0.1) is 6.92 Å². The second-order valence-electron chi connectivity index (χ2n) is 6.74. The van der Waals surface area contributed by atoms with Crippen LogP contribution in [0.1, 0.15) is 41.4 Å². The van der Waals surface area contributed by atoms with Gasteiger partial charge in [-0.2, -0.15) is 0 Å². The number of aromatic nitrogens is 2. The number of aryl methyl sites for hydroxylation is 2. The number of hydrogen-bond acceptors (Lipinski definition) is 5. The zero-order chi connectivity index (χ0) is 19.5. The van der Waals surface area contributed by atoms with E-state index in [1.54, 1.807) is 31.4 Å². The smallest absolute Gasteiger partial charge is 0.259 e. The number of hydrogen-bond donors (Lipinski definition) is 1. The number of furan rings is 1. The van der Waals surface area contributed by atoms with E-state index >= 15 is 0 Å². The number of unbranched alkanes of at least 4 members (excludes halogenated alkanes) is 1. The summed E-state index contributed by atoms with van der Waals surface area (Å²) < 4.78 is 10.7. The molecule has 0 bridgehead atoms. The van der Waals surface area contributed by atoms with E-state index in [-0.39, 0.29) is 5.91 Å². The lowest BCUT2D eigenvalue weighted by atomic mass is 10.1. The van der Waals surface area contributed by atoms with E-state index in [1.807, 2.05) is 24.3 Å². The molecule has 3 heterocycles. The molecule has 4 aromatic rings. The number of nitrogens with one attached hydrogen (secondary N) is 1. The minimum atomic E-state index is -0.243. The number of anilines is 1. The first kappa shape index (κ1) is 18.0. The fourth-order valence-electron chi connectivity index (χ4n) is 3.16. The average molecular weight is 375 g/mol. The molecule has 0 aliphatic heterocycles. The topological polar surface area (TPSA) is 81.2 Å². The van der Waals surface area contributed by atoms with Crippen LogP contribution in [0.5, 0.6) is 0 Å². The monoisotopic (exact) mass is 375 g/mol. The van der Waals surface area contributed by atoms with Crippen molar-refractivity contribution in [3.05, 3.63) is 65.5 Å². The summed E-state index contributed by atoms with van der Waals surface area (Å²) in [5, 5.41) is 7.52. The first-order chi connectivity index (χ1) is 13.7. The Bertz CT molecular complexity index is 1100. The van der Waals surface area contributed by atoms with Crippen molar-refractivity contribution in [3.63, 3.8) is 0 Å². The van der Waals surface area contributed by atoms with Gasteiger partial charge in [0.05, 0.1) is 22.9 Å². The van der Waals surface area contributed by atoms with Crippen LogP contribution in [-0.4, -0.2) is 16.0 Å². The predicted molar refractivity (Wildman–Crippen MR) is 107 cm³/mol. The summed E-state index contributed by atoms with van der Waals surface area (Å²) in [6.45, 7) is 3.97. The molecule has 6 nitrogen and oxygen atoms in total. The maximum absolute atomic E-state index is 13.0. The van der Waals surface area contributed by atoms with E-state index in [9.17, 15) is 4.79 Å². The fourth-order valence-corrected chi connectivity index (χ4v) is 3.16. The number of carbonyl (C=O) groups excluding carboxylic acids is 1. The maximum Gasteiger partial charge on any atom is 0.259 e. The summed E-state index contributed by atoms with van der Waals surface area (Å²) in [4.78, 5) is 17.4. The van der Waals surface area contributed by atoms with Crippen molar-refractivity contribution in [1.82, 2.24) is 10.1 Å². The molecule has 4 rings (SSSR count). The summed E-state index contributed by atoms with van der Waals surface area (Å²) in [5.41, 5.74) is 3.91. The Hall–Kier alpha value is -3.41. The minimum absolute atomic E-state index is 0.243. The van der Waals surface area contributed by atoms with Crippen molar-refractivity contribution < 1.29 is 13.7 Å². The van der Waals surface area contributed by atoms with E-state index in [1.165, 1.54) is 5.56 Å². The standard InChI is InChI=1S/C22H21N3O3/c1-3-4-6-15-8-10-16(11-9-15)23-21(26)17-13-18(19-7-5-12-27-19)24-22-20(17)14(2)25-28-22/h5,7-13H,3-4,6H2,1-2H3,(H,23,26). The number of pyridine rings is 1. The molecule has 0 atom stereocenters. The summed E-state index contributed by atoms with van der Waals surface area (Å²) >= 11 is 0. The molecule has 0 aliphatic rings. The maximum atomic E-state index is 13.0. The lowest BCUT2D eigenvalue weighted by Crippen LogP contribution is -2.13. The predicted octanol–water partition coefficient (Wildman–Crippen LogP) is 5.39. The highest BCUT2D eigenvalue weighted by atomic mass is 16.5. The third-order valence-corrected chi connectivity index (χ3v) is 4.67. The third kappa shape index (κ3) is 3.53. The zero-order valence-corrected chi connectivity index (χ0v) is 15.9. The van der Waals surface area contributed by atoms with Gasteiger partial charge in [-0.15, -0.1) is 0 Å². The van der Waals surface area contributed by atoms with Crippen molar-refractivity contribution in [2.75, 3.05) is 5.32 Å². The van der Waals surface area contributed by atoms with Crippen LogP contribution in [-0.2, 0) is 6.42 Å². The van der Waals surface area contributed by atoms with Crippen molar-refractivity contribution in [3.8, 4) is 11.5 Å². The normalized spacial score (nSPS) is 11.1. The van der Waals surface area contributed by atoms with Gasteiger partial charge in [0.1, 0.15) is 5.69 Å². The highest BCUT2D eigenvalue weighted by Gasteiger charge is 2.20. The Labute approximate surface area is 162 Å². The Morgan fingerprint density at radius 3 is 2.71 bits per heavy atom. The molecule has 0 fully saturated rings. The van der Waals surface area contributed by atoms with Gasteiger partial charge in [0, 0.05) is 5.69 Å². The molecule has 0 saturated carbocycles. The zero-order valence-electron chi connectivity index (χ0n) is 15.9. The second-order valence-corrected chi connectivity index (χ2v) is 6.74. The Kier molecular flexibility index (Phi) is 4.93. The Morgan fingerprint density at radius 1 is 1.18 bits per heavy atom. The van der Waals surface area contributed by atoms with Gasteiger partial charge in [0.2, 0.25) is 0 Å². The average Bonchev–Trinajstić information content (AvgIpc) is 3.37. The van der Waals surface area contributed by atoms with E-state index in [0.29, 0.717) is 33.8 Å². The molecule has 0 unspecified atom stereocenters. The Balaban J connectivity index is 1.65. The van der Waals surface area contributed by atoms with E-state index in [0.717, 1.165) is 24.9 Å². The molecule has 1 amide bonds. The summed E-state index contributed by atoms with van der Waals surface area (Å²) in [6, 6.07) is 13.2. The van der Waals surface area contributed by atoms with Crippen LogP contribution in [0.25, 0.3) is 22.6 Å². The van der Waals surface area contributed by atoms with Crippen LogP contribution in [0.4, 0.5) is 5.69 Å². The van der Waals surface area contributed by atoms with Gasteiger partial charge in [-0.05, 0) is 55.7 Å². The van der Waals surface area contributed by atoms with Gasteiger partial charge < -0.3 is 14.3 Å². The largest absolute Gasteiger partial charge is 0.463 e. The number of nitrogens with zero attached hydrogens (tertiary/aromatic N) is 2. The molecule has 0 radical (unpaired) electrons. The fraction of sp³-hybridized carbons (Fsp3) is 0.227. The van der Waals surface area contributed by atoms with Gasteiger partial charge in [0.25, 0.3) is 11.6 Å². The number of fused-ring (bicyclic) bond motifs is 1. The van der Waals surface area contributed by atoms with Gasteiger partial charge in [-0.25, -0.2) is 4.98 Å². The number of rotatable bonds is 6. The highest BCUT2D eigenvalue weighted by molar-refractivity contribution is 6.12. The summed E-state index contributed by atoms with van der Waals surface area (Å²) in [5.74, 6) is 0.318. The lowest BCUT2D eigenvalue weighted by molar-refractivity contribution is 0.102. The quantitative estimate of drug-likeness (QED) is 0.489. The van der Waals surface area contributed by atoms with Crippen LogP contribution < -0.4 is 5.32 Å². The van der Waals surface area contributed by atoms with Crippen molar-refractivity contribution in [2.24, 2.45) is 0 Å². The van der Waals surface area contributed by atoms with Gasteiger partial charge in [-0.3, -0.25) is 4.79 Å². The second kappa shape index (κ2) is 7.68. The minimum Gasteiger partial charge on any atom is -0.463 e. The van der Waals surface area contributed by atoms with Crippen LogP contribution >= 0.6 is 0 Å². The van der Waals surface area contributed by atoms with Crippen molar-refractivity contribution in [2.45, 2.75) is 33.1 Å². The van der Waals surface area contributed by atoms with Crippen LogP contribution in [0.3, 0.4) is 0 Å². The highest BCUT2D eigenvalue weighted by Crippen LogP contribution is 2.28. The first-order valence-electron chi connectivity index (χ1n) is 9.37.